The number of alkyl halides is 1. The first kappa shape index (κ1) is 14.9. The molecule has 0 heterocycles. The second-order valence-electron chi connectivity index (χ2n) is 5.51. The van der Waals surface area contributed by atoms with E-state index in [4.69, 9.17) is 4.74 Å². The largest absolute Gasteiger partial charge is 0.479 e. The number of hydrogen-bond acceptors (Lipinski definition) is 2. The molecule has 0 saturated heterocycles. The van der Waals surface area contributed by atoms with Crippen molar-refractivity contribution >= 4 is 0 Å². The molecular formula is C17H16F3NO. The predicted molar refractivity (Wildman–Crippen MR) is 77.6 cm³/mol. The van der Waals surface area contributed by atoms with Gasteiger partial charge in [-0.1, -0.05) is 18.2 Å². The summed E-state index contributed by atoms with van der Waals surface area (Å²) in [6.07, 6.45) is -0.951. The summed E-state index contributed by atoms with van der Waals surface area (Å²) in [4.78, 5) is 0. The van der Waals surface area contributed by atoms with Crippen LogP contribution in [0.1, 0.15) is 17.2 Å². The van der Waals surface area contributed by atoms with Crippen LogP contribution in [0.5, 0.6) is 5.75 Å². The number of halogens is 3. The summed E-state index contributed by atoms with van der Waals surface area (Å²) in [6, 6.07) is 9.96. The Morgan fingerprint density at radius 3 is 2.73 bits per heavy atom. The number of nitrogens with one attached hydrogen (secondary N) is 1. The molecule has 2 atom stereocenters. The Kier molecular flexibility index (Phi) is 3.83. The molecule has 2 aromatic carbocycles. The van der Waals surface area contributed by atoms with Crippen molar-refractivity contribution < 1.29 is 17.9 Å². The lowest BCUT2D eigenvalue weighted by molar-refractivity contribution is 0.0209. The molecule has 0 aliphatic heterocycles. The average molecular weight is 307 g/mol. The smallest absolute Gasteiger partial charge is 0.168 e. The van der Waals surface area contributed by atoms with E-state index in [2.05, 4.69) is 5.32 Å². The van der Waals surface area contributed by atoms with Gasteiger partial charge in [0.2, 0.25) is 0 Å². The number of hydrogen-bond donors (Lipinski definition) is 1. The Morgan fingerprint density at radius 2 is 2.00 bits per heavy atom. The van der Waals surface area contributed by atoms with Crippen molar-refractivity contribution in [2.45, 2.75) is 18.2 Å². The van der Waals surface area contributed by atoms with Gasteiger partial charge in [0.15, 0.2) is 23.3 Å². The van der Waals surface area contributed by atoms with Crippen LogP contribution >= 0.6 is 0 Å². The van der Waals surface area contributed by atoms with E-state index in [0.29, 0.717) is 11.1 Å². The summed E-state index contributed by atoms with van der Waals surface area (Å²) >= 11 is 0. The van der Waals surface area contributed by atoms with Gasteiger partial charge in [0.25, 0.3) is 0 Å². The van der Waals surface area contributed by atoms with E-state index in [1.54, 1.807) is 13.1 Å². The van der Waals surface area contributed by atoms with Gasteiger partial charge >= 0.3 is 0 Å². The molecule has 0 saturated carbocycles. The maximum atomic E-state index is 15.3. The number of fused-ring (bicyclic) bond motifs is 1. The number of rotatable bonds is 4. The molecule has 1 aliphatic carbocycles. The van der Waals surface area contributed by atoms with Crippen LogP contribution in [-0.4, -0.2) is 19.3 Å². The van der Waals surface area contributed by atoms with Gasteiger partial charge in [-0.2, -0.15) is 0 Å². The number of benzene rings is 2. The normalized spacial score (nSPS) is 23.4. The molecule has 3 rings (SSSR count). The summed E-state index contributed by atoms with van der Waals surface area (Å²) in [7, 11) is 1.63. The lowest BCUT2D eigenvalue weighted by atomic mass is 9.99. The van der Waals surface area contributed by atoms with Crippen molar-refractivity contribution in [2.75, 3.05) is 13.6 Å². The Labute approximate surface area is 126 Å². The molecule has 0 radical (unpaired) electrons. The van der Waals surface area contributed by atoms with Crippen molar-refractivity contribution in [3.63, 3.8) is 0 Å². The van der Waals surface area contributed by atoms with Gasteiger partial charge in [0.05, 0.1) is 0 Å². The van der Waals surface area contributed by atoms with E-state index in [-0.39, 0.29) is 18.7 Å². The molecule has 22 heavy (non-hydrogen) atoms. The molecule has 0 amide bonds. The highest BCUT2D eigenvalue weighted by atomic mass is 19.1. The van der Waals surface area contributed by atoms with Gasteiger partial charge in [0, 0.05) is 13.0 Å². The van der Waals surface area contributed by atoms with E-state index in [9.17, 15) is 8.78 Å². The Morgan fingerprint density at radius 1 is 1.23 bits per heavy atom. The molecule has 0 spiro atoms. The second kappa shape index (κ2) is 5.65. The number of para-hydroxylation sites is 1. The number of ether oxygens (including phenoxy) is 1. The first-order valence-electron chi connectivity index (χ1n) is 7.06. The highest BCUT2D eigenvalue weighted by molar-refractivity contribution is 5.40. The van der Waals surface area contributed by atoms with Crippen molar-refractivity contribution in [3.8, 4) is 5.75 Å². The Balaban J connectivity index is 2.00. The summed E-state index contributed by atoms with van der Waals surface area (Å²) in [6.45, 7) is 0.0302. The third kappa shape index (κ3) is 2.57. The van der Waals surface area contributed by atoms with E-state index >= 15 is 4.39 Å². The molecule has 1 aliphatic rings. The van der Waals surface area contributed by atoms with Crippen molar-refractivity contribution in [3.05, 3.63) is 65.2 Å². The van der Waals surface area contributed by atoms with Crippen LogP contribution in [0.25, 0.3) is 0 Å². The molecule has 0 bridgehead atoms. The molecule has 116 valence electrons. The monoisotopic (exact) mass is 307 g/mol. The minimum absolute atomic E-state index is 0.0113. The molecule has 2 aromatic rings. The van der Waals surface area contributed by atoms with Crippen LogP contribution in [0, 0.1) is 11.6 Å². The zero-order valence-electron chi connectivity index (χ0n) is 12.1. The van der Waals surface area contributed by atoms with E-state index in [0.717, 1.165) is 0 Å². The molecule has 0 fully saturated rings. The lowest BCUT2D eigenvalue weighted by Gasteiger charge is -2.28. The maximum Gasteiger partial charge on any atom is 0.168 e. The van der Waals surface area contributed by atoms with Crippen LogP contribution in [0.2, 0.25) is 0 Å². The fourth-order valence-electron chi connectivity index (χ4n) is 2.96. The summed E-state index contributed by atoms with van der Waals surface area (Å²) < 4.78 is 48.1. The lowest BCUT2D eigenvalue weighted by Crippen LogP contribution is -2.41. The average Bonchev–Trinajstić information content (AvgIpc) is 2.73. The SMILES string of the molecule is CNCC1(F)Cc2cc(F)ccc2C1Oc1ccccc1F. The first-order valence-corrected chi connectivity index (χ1v) is 7.06. The second-order valence-corrected chi connectivity index (χ2v) is 5.51. The van der Waals surface area contributed by atoms with Crippen LogP contribution in [-0.2, 0) is 6.42 Å². The standard InChI is InChI=1S/C17H16F3NO/c1-21-10-17(20)9-11-8-12(18)6-7-13(11)16(17)22-15-5-3-2-4-14(15)19/h2-8,16,21H,9-10H2,1H3. The third-order valence-electron chi connectivity index (χ3n) is 3.89. The topological polar surface area (TPSA) is 21.3 Å². The fourth-order valence-corrected chi connectivity index (χ4v) is 2.96. The molecule has 5 heteroatoms. The van der Waals surface area contributed by atoms with E-state index in [1.807, 2.05) is 0 Å². The summed E-state index contributed by atoms with van der Waals surface area (Å²) in [5, 5.41) is 2.79. The van der Waals surface area contributed by atoms with Gasteiger partial charge in [0.1, 0.15) is 5.82 Å². The van der Waals surface area contributed by atoms with Crippen molar-refractivity contribution in [2.24, 2.45) is 0 Å². The minimum Gasteiger partial charge on any atom is -0.479 e. The first-order chi connectivity index (χ1) is 10.5. The Bertz CT molecular complexity index is 691. The van der Waals surface area contributed by atoms with Crippen LogP contribution in [0.4, 0.5) is 13.2 Å². The van der Waals surface area contributed by atoms with Gasteiger partial charge in [-0.3, -0.25) is 0 Å². The van der Waals surface area contributed by atoms with Crippen molar-refractivity contribution in [1.29, 1.82) is 0 Å². The predicted octanol–water partition coefficient (Wildman–Crippen LogP) is 3.57. The van der Waals surface area contributed by atoms with Gasteiger partial charge in [-0.15, -0.1) is 0 Å². The minimum atomic E-state index is -1.76. The Hall–Kier alpha value is -2.01. The van der Waals surface area contributed by atoms with Crippen LogP contribution in [0.15, 0.2) is 42.5 Å². The zero-order valence-corrected chi connectivity index (χ0v) is 12.1. The highest BCUT2D eigenvalue weighted by Crippen LogP contribution is 2.45. The third-order valence-corrected chi connectivity index (χ3v) is 3.89. The maximum absolute atomic E-state index is 15.3. The van der Waals surface area contributed by atoms with Gasteiger partial charge in [-0.05, 0) is 42.4 Å². The molecular weight excluding hydrogens is 291 g/mol. The van der Waals surface area contributed by atoms with Gasteiger partial charge in [-0.25, -0.2) is 13.2 Å². The fraction of sp³-hybridized carbons (Fsp3) is 0.294. The zero-order chi connectivity index (χ0) is 15.7. The molecule has 1 N–H and O–H groups in total. The van der Waals surface area contributed by atoms with Crippen molar-refractivity contribution in [1.82, 2.24) is 5.32 Å². The summed E-state index contributed by atoms with van der Waals surface area (Å²) in [5.41, 5.74) is -0.644. The van der Waals surface area contributed by atoms with E-state index in [1.165, 1.54) is 36.4 Å². The van der Waals surface area contributed by atoms with Crippen LogP contribution in [0.3, 0.4) is 0 Å². The molecule has 2 unspecified atom stereocenters. The summed E-state index contributed by atoms with van der Waals surface area (Å²) in [5.74, 6) is -0.982. The quantitative estimate of drug-likeness (QED) is 0.932. The van der Waals surface area contributed by atoms with E-state index < -0.39 is 23.4 Å². The molecule has 2 nitrogen and oxygen atoms in total. The van der Waals surface area contributed by atoms with Gasteiger partial charge < -0.3 is 10.1 Å². The molecule has 0 aromatic heterocycles. The highest BCUT2D eigenvalue weighted by Gasteiger charge is 2.48. The van der Waals surface area contributed by atoms with Crippen LogP contribution < -0.4 is 10.1 Å².